The van der Waals surface area contributed by atoms with Gasteiger partial charge >= 0.3 is 6.47 Å². The van der Waals surface area contributed by atoms with Crippen LogP contribution in [0.5, 0.6) is 0 Å². The quantitative estimate of drug-likeness (QED) is 0.561. The third-order valence-electron chi connectivity index (χ3n) is 2.09. The molecule has 5 nitrogen and oxygen atoms in total. The van der Waals surface area contributed by atoms with E-state index in [1.54, 1.807) is 45.4 Å². The lowest BCUT2D eigenvalue weighted by molar-refractivity contribution is -0.129. The van der Waals surface area contributed by atoms with E-state index in [9.17, 15) is 9.59 Å². The highest BCUT2D eigenvalue weighted by molar-refractivity contribution is 5.94. The normalized spacial score (nSPS) is 9.44. The third-order valence-corrected chi connectivity index (χ3v) is 2.09. The van der Waals surface area contributed by atoms with Crippen molar-refractivity contribution in [3.05, 3.63) is 29.8 Å². The standard InChI is InChI=1S/C11H14N2O3/c1-12(2)11(15)9-4-6-10(7-5-9)13(3)16-8-14/h4-8H,1-3H3. The lowest BCUT2D eigenvalue weighted by Crippen LogP contribution is -2.22. The molecule has 1 aromatic carbocycles. The number of anilines is 1. The number of benzene rings is 1. The second-order valence-corrected chi connectivity index (χ2v) is 3.45. The fourth-order valence-electron chi connectivity index (χ4n) is 1.20. The molecule has 16 heavy (non-hydrogen) atoms. The molecule has 0 N–H and O–H groups in total. The van der Waals surface area contributed by atoms with E-state index < -0.39 is 0 Å². The Balaban J connectivity index is 2.82. The molecule has 0 aromatic heterocycles. The van der Waals surface area contributed by atoms with E-state index in [2.05, 4.69) is 4.84 Å². The molecule has 0 spiro atoms. The van der Waals surface area contributed by atoms with E-state index in [0.29, 0.717) is 17.7 Å². The first-order valence-electron chi connectivity index (χ1n) is 4.72. The average molecular weight is 222 g/mol. The van der Waals surface area contributed by atoms with Crippen LogP contribution in [0.2, 0.25) is 0 Å². The van der Waals surface area contributed by atoms with E-state index in [1.807, 2.05) is 0 Å². The van der Waals surface area contributed by atoms with Crippen LogP contribution in [0.4, 0.5) is 5.69 Å². The highest BCUT2D eigenvalue weighted by Gasteiger charge is 2.08. The first-order valence-corrected chi connectivity index (χ1v) is 4.72. The van der Waals surface area contributed by atoms with Gasteiger partial charge in [0.25, 0.3) is 5.91 Å². The zero-order chi connectivity index (χ0) is 12.1. The maximum Gasteiger partial charge on any atom is 0.320 e. The highest BCUT2D eigenvalue weighted by Crippen LogP contribution is 2.14. The summed E-state index contributed by atoms with van der Waals surface area (Å²) in [6.45, 7) is 0.346. The second-order valence-electron chi connectivity index (χ2n) is 3.45. The van der Waals surface area contributed by atoms with Gasteiger partial charge in [-0.15, -0.1) is 0 Å². The van der Waals surface area contributed by atoms with Gasteiger partial charge in [0.1, 0.15) is 0 Å². The van der Waals surface area contributed by atoms with Gasteiger partial charge in [-0.25, -0.2) is 5.06 Å². The molecular weight excluding hydrogens is 208 g/mol. The van der Waals surface area contributed by atoms with Crippen molar-refractivity contribution in [1.29, 1.82) is 0 Å². The van der Waals surface area contributed by atoms with Gasteiger partial charge in [0.05, 0.1) is 5.69 Å². The van der Waals surface area contributed by atoms with Crippen LogP contribution >= 0.6 is 0 Å². The Hall–Kier alpha value is -2.04. The molecule has 0 saturated carbocycles. The number of carbonyl (C=O) groups excluding carboxylic acids is 2. The Morgan fingerprint density at radius 2 is 1.75 bits per heavy atom. The van der Waals surface area contributed by atoms with Crippen LogP contribution in [0.25, 0.3) is 0 Å². The number of amides is 1. The zero-order valence-electron chi connectivity index (χ0n) is 9.51. The van der Waals surface area contributed by atoms with E-state index in [1.165, 1.54) is 9.96 Å². The summed E-state index contributed by atoms with van der Waals surface area (Å²) in [5, 5.41) is 1.32. The lowest BCUT2D eigenvalue weighted by atomic mass is 10.2. The smallest absolute Gasteiger partial charge is 0.320 e. The SMILES string of the molecule is CN(C)C(=O)c1ccc(N(C)OC=O)cc1. The number of hydroxylamine groups is 1. The summed E-state index contributed by atoms with van der Waals surface area (Å²) >= 11 is 0. The molecule has 5 heteroatoms. The minimum atomic E-state index is -0.0643. The van der Waals surface area contributed by atoms with Gasteiger partial charge in [-0.2, -0.15) is 0 Å². The van der Waals surface area contributed by atoms with Crippen LogP contribution in [-0.2, 0) is 9.63 Å². The van der Waals surface area contributed by atoms with Crippen LogP contribution in [0, 0.1) is 0 Å². The molecule has 0 fully saturated rings. The number of hydrogen-bond donors (Lipinski definition) is 0. The molecule has 1 rings (SSSR count). The molecule has 1 amide bonds. The minimum Gasteiger partial charge on any atom is -0.345 e. The summed E-state index contributed by atoms with van der Waals surface area (Å²) in [5.74, 6) is -0.0643. The molecular formula is C11H14N2O3. The predicted molar refractivity (Wildman–Crippen MR) is 60.0 cm³/mol. The van der Waals surface area contributed by atoms with Crippen LogP contribution in [0.3, 0.4) is 0 Å². The fraction of sp³-hybridized carbons (Fsp3) is 0.273. The molecule has 0 bridgehead atoms. The maximum absolute atomic E-state index is 11.6. The van der Waals surface area contributed by atoms with E-state index in [-0.39, 0.29) is 5.91 Å². The summed E-state index contributed by atoms with van der Waals surface area (Å²) in [5.41, 5.74) is 1.29. The topological polar surface area (TPSA) is 49.9 Å². The van der Waals surface area contributed by atoms with Crippen molar-refractivity contribution >= 4 is 18.1 Å². The number of rotatable bonds is 4. The predicted octanol–water partition coefficient (Wildman–Crippen LogP) is 0.913. The van der Waals surface area contributed by atoms with Crippen LogP contribution in [-0.4, -0.2) is 38.4 Å². The van der Waals surface area contributed by atoms with Crippen LogP contribution in [0.1, 0.15) is 10.4 Å². The monoisotopic (exact) mass is 222 g/mol. The molecule has 0 aliphatic rings. The van der Waals surface area contributed by atoms with Crippen molar-refractivity contribution < 1.29 is 14.4 Å². The van der Waals surface area contributed by atoms with E-state index in [0.717, 1.165) is 0 Å². The van der Waals surface area contributed by atoms with E-state index >= 15 is 0 Å². The Morgan fingerprint density at radius 1 is 1.19 bits per heavy atom. The molecule has 86 valence electrons. The molecule has 0 heterocycles. The Labute approximate surface area is 94.2 Å². The van der Waals surface area contributed by atoms with Gasteiger partial charge in [-0.05, 0) is 24.3 Å². The Bertz CT molecular complexity index is 373. The molecule has 0 saturated heterocycles. The molecule has 0 aliphatic heterocycles. The summed E-state index contributed by atoms with van der Waals surface area (Å²) < 4.78 is 0. The maximum atomic E-state index is 11.6. The van der Waals surface area contributed by atoms with Crippen LogP contribution in [0.15, 0.2) is 24.3 Å². The molecule has 1 aromatic rings. The number of carbonyl (C=O) groups is 2. The van der Waals surface area contributed by atoms with Gasteiger partial charge in [-0.1, -0.05) is 0 Å². The van der Waals surface area contributed by atoms with Crippen molar-refractivity contribution in [3.63, 3.8) is 0 Å². The van der Waals surface area contributed by atoms with Crippen molar-refractivity contribution in [3.8, 4) is 0 Å². The second kappa shape index (κ2) is 5.16. The summed E-state index contributed by atoms with van der Waals surface area (Å²) in [6.07, 6.45) is 0. The third kappa shape index (κ3) is 2.73. The van der Waals surface area contributed by atoms with E-state index in [4.69, 9.17) is 0 Å². The number of nitrogens with zero attached hydrogens (tertiary/aromatic N) is 2. The Kier molecular flexibility index (Phi) is 3.88. The lowest BCUT2D eigenvalue weighted by Gasteiger charge is -2.16. The zero-order valence-corrected chi connectivity index (χ0v) is 9.51. The van der Waals surface area contributed by atoms with Crippen molar-refractivity contribution in [2.24, 2.45) is 0 Å². The highest BCUT2D eigenvalue weighted by atomic mass is 16.7. The summed E-state index contributed by atoms with van der Waals surface area (Å²) in [6, 6.07) is 6.78. The average Bonchev–Trinajstić information content (AvgIpc) is 2.28. The summed E-state index contributed by atoms with van der Waals surface area (Å²) in [4.78, 5) is 27.8. The minimum absolute atomic E-state index is 0.0643. The summed E-state index contributed by atoms with van der Waals surface area (Å²) in [7, 11) is 4.99. The van der Waals surface area contributed by atoms with Gasteiger partial charge in [0.2, 0.25) is 0 Å². The van der Waals surface area contributed by atoms with Crippen molar-refractivity contribution in [2.75, 3.05) is 26.2 Å². The molecule has 0 aliphatic carbocycles. The van der Waals surface area contributed by atoms with Crippen LogP contribution < -0.4 is 5.06 Å². The van der Waals surface area contributed by atoms with Crippen molar-refractivity contribution in [1.82, 2.24) is 4.90 Å². The fourth-order valence-corrected chi connectivity index (χ4v) is 1.20. The molecule has 0 radical (unpaired) electrons. The van der Waals surface area contributed by atoms with Gasteiger partial charge in [0, 0.05) is 26.7 Å². The first-order chi connectivity index (χ1) is 7.56. The van der Waals surface area contributed by atoms with Gasteiger partial charge in [0.15, 0.2) is 0 Å². The molecule has 0 unspecified atom stereocenters. The Morgan fingerprint density at radius 3 is 2.19 bits per heavy atom. The first kappa shape index (κ1) is 12.0. The van der Waals surface area contributed by atoms with Gasteiger partial charge in [-0.3, -0.25) is 9.59 Å². The van der Waals surface area contributed by atoms with Gasteiger partial charge < -0.3 is 9.74 Å². The molecule has 0 atom stereocenters. The largest absolute Gasteiger partial charge is 0.345 e. The number of hydrogen-bond acceptors (Lipinski definition) is 4. The van der Waals surface area contributed by atoms with Crippen molar-refractivity contribution in [2.45, 2.75) is 0 Å².